The van der Waals surface area contributed by atoms with Crippen LogP contribution in [0.25, 0.3) is 0 Å². The van der Waals surface area contributed by atoms with Crippen LogP contribution in [0.2, 0.25) is 0 Å². The molecule has 1 fully saturated rings. The highest BCUT2D eigenvalue weighted by atomic mass is 127. The van der Waals surface area contributed by atoms with Gasteiger partial charge >= 0.3 is 6.09 Å². The van der Waals surface area contributed by atoms with Crippen LogP contribution in [-0.2, 0) is 9.47 Å². The zero-order valence-electron chi connectivity index (χ0n) is 19.0. The lowest BCUT2D eigenvalue weighted by Crippen LogP contribution is -2.48. The first-order valence-corrected chi connectivity index (χ1v) is 10.4. The topological polar surface area (TPSA) is 84.0 Å². The number of rotatable bonds is 6. The number of amides is 1. The van der Waals surface area contributed by atoms with E-state index in [0.29, 0.717) is 12.5 Å². The first kappa shape index (κ1) is 27.4. The molecule has 9 heteroatoms. The summed E-state index contributed by atoms with van der Waals surface area (Å²) in [6.07, 6.45) is 3.04. The molecule has 1 aliphatic rings. The predicted octanol–water partition coefficient (Wildman–Crippen LogP) is 4.13. The van der Waals surface area contributed by atoms with Crippen LogP contribution >= 0.6 is 24.0 Å². The summed E-state index contributed by atoms with van der Waals surface area (Å²) in [5.74, 6) is 0.429. The molecule has 31 heavy (non-hydrogen) atoms. The molecule has 0 aromatic heterocycles. The van der Waals surface area contributed by atoms with Crippen molar-refractivity contribution in [3.8, 4) is 0 Å². The minimum absolute atomic E-state index is 0. The third-order valence-electron chi connectivity index (χ3n) is 4.99. The Morgan fingerprint density at radius 1 is 1.13 bits per heavy atom. The highest BCUT2D eigenvalue weighted by Crippen LogP contribution is 2.20. The van der Waals surface area contributed by atoms with Gasteiger partial charge in [0, 0.05) is 32.8 Å². The van der Waals surface area contributed by atoms with Crippen molar-refractivity contribution in [2.24, 2.45) is 4.99 Å². The van der Waals surface area contributed by atoms with Crippen molar-refractivity contribution in [3.63, 3.8) is 0 Å². The van der Waals surface area contributed by atoms with E-state index in [2.05, 4.69) is 20.9 Å². The number of methoxy groups -OCH3 is 1. The van der Waals surface area contributed by atoms with Gasteiger partial charge < -0.3 is 25.4 Å². The van der Waals surface area contributed by atoms with Crippen LogP contribution in [0.5, 0.6) is 0 Å². The predicted molar refractivity (Wildman–Crippen MR) is 131 cm³/mol. The molecule has 1 unspecified atom stereocenters. The van der Waals surface area contributed by atoms with Gasteiger partial charge in [0.15, 0.2) is 5.96 Å². The van der Waals surface area contributed by atoms with E-state index in [0.717, 1.165) is 31.2 Å². The van der Waals surface area contributed by atoms with Crippen molar-refractivity contribution in [1.82, 2.24) is 16.0 Å². The number of hydrogen-bond acceptors (Lipinski definition) is 4. The Bertz CT molecular complexity index is 702. The van der Waals surface area contributed by atoms with Crippen molar-refractivity contribution in [2.45, 2.75) is 70.2 Å². The van der Waals surface area contributed by atoms with E-state index in [1.54, 1.807) is 26.3 Å². The Morgan fingerprint density at radius 2 is 1.68 bits per heavy atom. The number of alkyl carbamates (subject to hydrolysis) is 1. The first-order valence-electron chi connectivity index (χ1n) is 10.4. The molecule has 0 radical (unpaired) electrons. The van der Waals surface area contributed by atoms with E-state index in [9.17, 15) is 9.18 Å². The zero-order chi connectivity index (χ0) is 22.1. The standard InChI is InChI=1S/C22H35FN4O3.HI/c1-22(2,3)30-21(28)27-18-12-10-17(11-13-18)26-20(24-4)25-14-19(29-5)15-6-8-16(23)9-7-15;/h6-9,17-19H,10-14H2,1-5H3,(H,27,28)(H2,24,25,26);1H. The molecule has 1 aromatic rings. The largest absolute Gasteiger partial charge is 0.444 e. The highest BCUT2D eigenvalue weighted by Gasteiger charge is 2.25. The number of halogens is 2. The number of benzene rings is 1. The Hall–Kier alpha value is -1.62. The van der Waals surface area contributed by atoms with Crippen LogP contribution < -0.4 is 16.0 Å². The quantitative estimate of drug-likeness (QED) is 0.282. The molecule has 1 amide bonds. The SMILES string of the molecule is CN=C(NCC(OC)c1ccc(F)cc1)NC1CCC(NC(=O)OC(C)(C)C)CC1.I. The molecule has 176 valence electrons. The van der Waals surface area contributed by atoms with Crippen LogP contribution in [0, 0.1) is 5.82 Å². The maximum absolute atomic E-state index is 13.1. The molecule has 3 N–H and O–H groups in total. The number of carbonyl (C=O) groups excluding carboxylic acids is 1. The van der Waals surface area contributed by atoms with E-state index in [-0.39, 0.29) is 54.1 Å². The Balaban J connectivity index is 0.00000480. The summed E-state index contributed by atoms with van der Waals surface area (Å²) in [6.45, 7) is 6.08. The van der Waals surface area contributed by atoms with Crippen molar-refractivity contribution in [1.29, 1.82) is 0 Å². The number of ether oxygens (including phenoxy) is 2. The molecule has 0 spiro atoms. The summed E-state index contributed by atoms with van der Waals surface area (Å²) in [4.78, 5) is 16.2. The van der Waals surface area contributed by atoms with Gasteiger partial charge in [0.2, 0.25) is 0 Å². The average Bonchev–Trinajstić information content (AvgIpc) is 2.68. The molecule has 7 nitrogen and oxygen atoms in total. The fourth-order valence-corrected chi connectivity index (χ4v) is 3.45. The lowest BCUT2D eigenvalue weighted by atomic mass is 9.91. The first-order chi connectivity index (χ1) is 14.2. The van der Waals surface area contributed by atoms with Gasteiger partial charge in [-0.2, -0.15) is 0 Å². The van der Waals surface area contributed by atoms with E-state index < -0.39 is 5.60 Å². The molecule has 1 aromatic carbocycles. The van der Waals surface area contributed by atoms with Crippen molar-refractivity contribution < 1.29 is 18.7 Å². The van der Waals surface area contributed by atoms with Crippen molar-refractivity contribution in [2.75, 3.05) is 20.7 Å². The van der Waals surface area contributed by atoms with Crippen molar-refractivity contribution in [3.05, 3.63) is 35.6 Å². The van der Waals surface area contributed by atoms with Gasteiger partial charge in [-0.05, 0) is 64.2 Å². The number of nitrogens with one attached hydrogen (secondary N) is 3. The fourth-order valence-electron chi connectivity index (χ4n) is 3.45. The molecule has 0 saturated heterocycles. The van der Waals surface area contributed by atoms with Crippen LogP contribution in [0.1, 0.15) is 58.1 Å². The van der Waals surface area contributed by atoms with Crippen molar-refractivity contribution >= 4 is 36.0 Å². The van der Waals surface area contributed by atoms with E-state index in [1.165, 1.54) is 12.1 Å². The second kappa shape index (κ2) is 13.0. The second-order valence-corrected chi connectivity index (χ2v) is 8.57. The maximum Gasteiger partial charge on any atom is 0.407 e. The Morgan fingerprint density at radius 3 is 2.16 bits per heavy atom. The normalized spacial score (nSPS) is 20.3. The van der Waals surface area contributed by atoms with Crippen LogP contribution in [0.3, 0.4) is 0 Å². The van der Waals surface area contributed by atoms with Gasteiger partial charge in [-0.1, -0.05) is 12.1 Å². The summed E-state index contributed by atoms with van der Waals surface area (Å²) in [5, 5.41) is 9.67. The number of nitrogens with zero attached hydrogens (tertiary/aromatic N) is 1. The summed E-state index contributed by atoms with van der Waals surface area (Å²) >= 11 is 0. The fraction of sp³-hybridized carbons (Fsp3) is 0.636. The molecule has 0 aliphatic heterocycles. The monoisotopic (exact) mass is 550 g/mol. The number of aliphatic imine (C=N–C) groups is 1. The molecular weight excluding hydrogens is 514 g/mol. The summed E-state index contributed by atoms with van der Waals surface area (Å²) < 4.78 is 24.0. The summed E-state index contributed by atoms with van der Waals surface area (Å²) in [6, 6.07) is 6.71. The maximum atomic E-state index is 13.1. The zero-order valence-corrected chi connectivity index (χ0v) is 21.4. The lowest BCUT2D eigenvalue weighted by Gasteiger charge is -2.31. The van der Waals surface area contributed by atoms with Crippen LogP contribution in [0.15, 0.2) is 29.3 Å². The lowest BCUT2D eigenvalue weighted by molar-refractivity contribution is 0.0490. The second-order valence-electron chi connectivity index (χ2n) is 8.57. The highest BCUT2D eigenvalue weighted by molar-refractivity contribution is 14.0. The van der Waals surface area contributed by atoms with Gasteiger partial charge in [-0.25, -0.2) is 9.18 Å². The molecule has 1 atom stereocenters. The third kappa shape index (κ3) is 10.0. The number of carbonyl (C=O) groups is 1. The minimum atomic E-state index is -0.491. The Kier molecular flexibility index (Phi) is 11.5. The minimum Gasteiger partial charge on any atom is -0.444 e. The number of guanidine groups is 1. The van der Waals surface area contributed by atoms with Crippen LogP contribution in [-0.4, -0.2) is 50.4 Å². The molecule has 0 heterocycles. The van der Waals surface area contributed by atoms with E-state index >= 15 is 0 Å². The van der Waals surface area contributed by atoms with Crippen LogP contribution in [0.4, 0.5) is 9.18 Å². The van der Waals surface area contributed by atoms with E-state index in [4.69, 9.17) is 9.47 Å². The molecule has 2 rings (SSSR count). The average molecular weight is 550 g/mol. The van der Waals surface area contributed by atoms with E-state index in [1.807, 2.05) is 20.8 Å². The van der Waals surface area contributed by atoms with Gasteiger partial charge in [0.25, 0.3) is 0 Å². The van der Waals surface area contributed by atoms with Gasteiger partial charge in [-0.15, -0.1) is 24.0 Å². The van der Waals surface area contributed by atoms with Gasteiger partial charge in [-0.3, -0.25) is 4.99 Å². The molecule has 0 bridgehead atoms. The summed E-state index contributed by atoms with van der Waals surface area (Å²) in [7, 11) is 3.36. The molecular formula is C22H36FIN4O3. The third-order valence-corrected chi connectivity index (χ3v) is 4.99. The Labute approximate surface area is 202 Å². The smallest absolute Gasteiger partial charge is 0.407 e. The molecule has 1 saturated carbocycles. The van der Waals surface area contributed by atoms with Gasteiger partial charge in [0.1, 0.15) is 11.4 Å². The van der Waals surface area contributed by atoms with Gasteiger partial charge in [0.05, 0.1) is 6.10 Å². The molecule has 1 aliphatic carbocycles. The number of hydrogen-bond donors (Lipinski definition) is 3. The summed E-state index contributed by atoms with van der Waals surface area (Å²) in [5.41, 5.74) is 0.408.